The van der Waals surface area contributed by atoms with E-state index in [1.54, 1.807) is 6.92 Å². The first-order valence-electron chi connectivity index (χ1n) is 9.29. The van der Waals surface area contributed by atoms with Gasteiger partial charge in [0, 0.05) is 21.6 Å². The Morgan fingerprint density at radius 3 is 2.67 bits per heavy atom. The number of Topliss-reactive ketones (excluding diaryl/α,β-unsaturated/α-hetero) is 1. The highest BCUT2D eigenvalue weighted by atomic mass is 79.9. The van der Waals surface area contributed by atoms with Crippen LogP contribution < -0.4 is 14.8 Å². The molecule has 2 heterocycles. The van der Waals surface area contributed by atoms with Crippen molar-refractivity contribution < 1.29 is 14.3 Å². The third-order valence-electron chi connectivity index (χ3n) is 5.77. The van der Waals surface area contributed by atoms with E-state index in [9.17, 15) is 4.79 Å². The molecular formula is C22H20BrNO3. The Morgan fingerprint density at radius 2 is 1.89 bits per heavy atom. The molecule has 2 aromatic rings. The SMILES string of the molecule is CC(=O)c1ccc2c(c1)[C@@H]1C=CC[C@@H]1[C@H](c1cc3c(cc1Br)OCCO3)N2. The van der Waals surface area contributed by atoms with Crippen LogP contribution in [-0.4, -0.2) is 19.0 Å². The predicted octanol–water partition coefficient (Wildman–Crippen LogP) is 5.25. The van der Waals surface area contributed by atoms with Crippen LogP contribution in [0.2, 0.25) is 0 Å². The third-order valence-corrected chi connectivity index (χ3v) is 6.45. The van der Waals surface area contributed by atoms with Gasteiger partial charge in [0.2, 0.25) is 0 Å². The maximum atomic E-state index is 11.8. The highest BCUT2D eigenvalue weighted by Crippen LogP contribution is 2.52. The van der Waals surface area contributed by atoms with Gasteiger partial charge in [-0.05, 0) is 60.7 Å². The Labute approximate surface area is 166 Å². The van der Waals surface area contributed by atoms with Crippen LogP contribution in [0, 0.1) is 5.92 Å². The van der Waals surface area contributed by atoms with Gasteiger partial charge in [0.1, 0.15) is 13.2 Å². The number of rotatable bonds is 2. The number of carbonyl (C=O) groups is 1. The van der Waals surface area contributed by atoms with Crippen LogP contribution in [0.3, 0.4) is 0 Å². The minimum absolute atomic E-state index is 0.105. The van der Waals surface area contributed by atoms with Gasteiger partial charge in [-0.3, -0.25) is 4.79 Å². The monoisotopic (exact) mass is 425 g/mol. The van der Waals surface area contributed by atoms with Crippen molar-refractivity contribution in [3.05, 3.63) is 63.6 Å². The lowest BCUT2D eigenvalue weighted by molar-refractivity contribution is 0.101. The fourth-order valence-electron chi connectivity index (χ4n) is 4.44. The number of nitrogens with one attached hydrogen (secondary N) is 1. The van der Waals surface area contributed by atoms with E-state index in [4.69, 9.17) is 9.47 Å². The van der Waals surface area contributed by atoms with E-state index in [1.807, 2.05) is 24.3 Å². The molecule has 0 fully saturated rings. The number of allylic oxidation sites excluding steroid dienone is 2. The van der Waals surface area contributed by atoms with Crippen LogP contribution in [0.1, 0.15) is 46.8 Å². The second kappa shape index (κ2) is 6.41. The number of carbonyl (C=O) groups excluding carboxylic acids is 1. The zero-order valence-electron chi connectivity index (χ0n) is 15.0. The van der Waals surface area contributed by atoms with Crippen LogP contribution >= 0.6 is 15.9 Å². The molecule has 5 heteroatoms. The van der Waals surface area contributed by atoms with Crippen molar-refractivity contribution in [1.82, 2.24) is 0 Å². The molecule has 0 unspecified atom stereocenters. The average Bonchev–Trinajstić information content (AvgIpc) is 3.16. The van der Waals surface area contributed by atoms with Crippen LogP contribution in [0.5, 0.6) is 11.5 Å². The lowest BCUT2D eigenvalue weighted by Crippen LogP contribution is -2.29. The molecule has 2 aromatic carbocycles. The Morgan fingerprint density at radius 1 is 1.11 bits per heavy atom. The fraction of sp³-hybridized carbons (Fsp3) is 0.318. The summed E-state index contributed by atoms with van der Waals surface area (Å²) in [7, 11) is 0. The molecule has 138 valence electrons. The third kappa shape index (κ3) is 2.76. The van der Waals surface area contributed by atoms with Gasteiger partial charge < -0.3 is 14.8 Å². The molecule has 1 N–H and O–H groups in total. The summed E-state index contributed by atoms with van der Waals surface area (Å²) in [6, 6.07) is 10.3. The highest BCUT2D eigenvalue weighted by molar-refractivity contribution is 9.10. The molecule has 0 amide bonds. The zero-order chi connectivity index (χ0) is 18.5. The molecule has 1 aliphatic carbocycles. The molecule has 5 rings (SSSR count). The molecule has 0 bridgehead atoms. The normalized spacial score (nSPS) is 24.7. The van der Waals surface area contributed by atoms with Gasteiger partial charge in [0.05, 0.1) is 6.04 Å². The molecule has 3 atom stereocenters. The number of benzene rings is 2. The quantitative estimate of drug-likeness (QED) is 0.527. The van der Waals surface area contributed by atoms with Crippen molar-refractivity contribution in [1.29, 1.82) is 0 Å². The van der Waals surface area contributed by atoms with Crippen molar-refractivity contribution in [2.24, 2.45) is 5.92 Å². The van der Waals surface area contributed by atoms with Gasteiger partial charge in [-0.15, -0.1) is 0 Å². The number of hydrogen-bond donors (Lipinski definition) is 1. The number of ketones is 1. The van der Waals surface area contributed by atoms with Crippen molar-refractivity contribution in [3.63, 3.8) is 0 Å². The molecule has 4 nitrogen and oxygen atoms in total. The molecule has 27 heavy (non-hydrogen) atoms. The molecule has 0 saturated heterocycles. The van der Waals surface area contributed by atoms with Gasteiger partial charge in [0.25, 0.3) is 0 Å². The number of hydrogen-bond acceptors (Lipinski definition) is 4. The summed E-state index contributed by atoms with van der Waals surface area (Å²) in [6.45, 7) is 2.78. The summed E-state index contributed by atoms with van der Waals surface area (Å²) in [5.41, 5.74) is 4.26. The Kier molecular flexibility index (Phi) is 4.01. The smallest absolute Gasteiger partial charge is 0.162 e. The average molecular weight is 426 g/mol. The van der Waals surface area contributed by atoms with Crippen LogP contribution in [-0.2, 0) is 0 Å². The van der Waals surface area contributed by atoms with Crippen molar-refractivity contribution in [2.45, 2.75) is 25.3 Å². The largest absolute Gasteiger partial charge is 0.486 e. The lowest BCUT2D eigenvalue weighted by Gasteiger charge is -2.38. The zero-order valence-corrected chi connectivity index (χ0v) is 16.6. The van der Waals surface area contributed by atoms with Gasteiger partial charge >= 0.3 is 0 Å². The van der Waals surface area contributed by atoms with E-state index >= 15 is 0 Å². The van der Waals surface area contributed by atoms with E-state index in [1.165, 1.54) is 11.1 Å². The molecule has 0 radical (unpaired) electrons. The topological polar surface area (TPSA) is 47.6 Å². The van der Waals surface area contributed by atoms with Crippen molar-refractivity contribution >= 4 is 27.4 Å². The molecule has 0 aromatic heterocycles. The molecule has 3 aliphatic rings. The van der Waals surface area contributed by atoms with Crippen LogP contribution in [0.4, 0.5) is 5.69 Å². The van der Waals surface area contributed by atoms with E-state index < -0.39 is 0 Å². The highest BCUT2D eigenvalue weighted by Gasteiger charge is 2.39. The fourth-order valence-corrected chi connectivity index (χ4v) is 5.01. The summed E-state index contributed by atoms with van der Waals surface area (Å²) < 4.78 is 12.5. The Bertz CT molecular complexity index is 968. The second-order valence-electron chi connectivity index (χ2n) is 7.35. The summed E-state index contributed by atoms with van der Waals surface area (Å²) in [4.78, 5) is 11.8. The predicted molar refractivity (Wildman–Crippen MR) is 108 cm³/mol. The minimum Gasteiger partial charge on any atom is -0.486 e. The molecular weight excluding hydrogens is 406 g/mol. The first-order valence-corrected chi connectivity index (χ1v) is 10.1. The van der Waals surface area contributed by atoms with E-state index in [0.29, 0.717) is 25.0 Å². The molecule has 0 spiro atoms. The van der Waals surface area contributed by atoms with Gasteiger partial charge in [-0.1, -0.05) is 28.1 Å². The Balaban J connectivity index is 1.58. The minimum atomic E-state index is 0.105. The summed E-state index contributed by atoms with van der Waals surface area (Å²) in [6.07, 6.45) is 5.55. The van der Waals surface area contributed by atoms with Gasteiger partial charge in [-0.2, -0.15) is 0 Å². The van der Waals surface area contributed by atoms with Gasteiger partial charge in [-0.25, -0.2) is 0 Å². The van der Waals surface area contributed by atoms with Gasteiger partial charge in [0.15, 0.2) is 17.3 Å². The maximum Gasteiger partial charge on any atom is 0.162 e. The Hall–Kier alpha value is -2.27. The molecule has 0 saturated carbocycles. The first-order chi connectivity index (χ1) is 13.1. The number of ether oxygens (including phenoxy) is 2. The van der Waals surface area contributed by atoms with E-state index in [-0.39, 0.29) is 11.8 Å². The number of anilines is 1. The second-order valence-corrected chi connectivity index (χ2v) is 8.21. The number of fused-ring (bicyclic) bond motifs is 4. The van der Waals surface area contributed by atoms with Crippen LogP contribution in [0.25, 0.3) is 0 Å². The standard InChI is InChI=1S/C22H20BrNO3/c1-12(25)13-5-6-19-16(9-13)14-3-2-4-15(14)22(24-19)17-10-20-21(11-18(17)23)27-8-7-26-20/h2-3,5-6,9-11,14-15,22,24H,4,7-8H2,1H3/t14-,15+,22-/m1/s1. The summed E-state index contributed by atoms with van der Waals surface area (Å²) >= 11 is 3.74. The number of halogens is 1. The van der Waals surface area contributed by atoms with E-state index in [2.05, 4.69) is 39.5 Å². The summed E-state index contributed by atoms with van der Waals surface area (Å²) in [5, 5.41) is 3.72. The van der Waals surface area contributed by atoms with E-state index in [0.717, 1.165) is 33.6 Å². The van der Waals surface area contributed by atoms with Crippen LogP contribution in [0.15, 0.2) is 47.0 Å². The lowest BCUT2D eigenvalue weighted by atomic mass is 9.76. The maximum absolute atomic E-state index is 11.8. The van der Waals surface area contributed by atoms with Crippen molar-refractivity contribution in [3.8, 4) is 11.5 Å². The first kappa shape index (κ1) is 16.9. The van der Waals surface area contributed by atoms with Crippen molar-refractivity contribution in [2.75, 3.05) is 18.5 Å². The molecule has 2 aliphatic heterocycles. The summed E-state index contributed by atoms with van der Waals surface area (Å²) in [5.74, 6) is 2.42.